The summed E-state index contributed by atoms with van der Waals surface area (Å²) in [7, 11) is 0. The number of carbonyl (C=O) groups is 1. The predicted molar refractivity (Wildman–Crippen MR) is 127 cm³/mol. The molecule has 168 valence electrons. The van der Waals surface area contributed by atoms with E-state index in [2.05, 4.69) is 53.8 Å². The fourth-order valence-corrected chi connectivity index (χ4v) is 5.60. The number of rotatable bonds is 5. The molecule has 2 saturated heterocycles. The van der Waals surface area contributed by atoms with Gasteiger partial charge >= 0.3 is 0 Å². The zero-order valence-corrected chi connectivity index (χ0v) is 19.4. The molecule has 1 aromatic heterocycles. The summed E-state index contributed by atoms with van der Waals surface area (Å²) in [6, 6.07) is 9.11. The van der Waals surface area contributed by atoms with Crippen LogP contribution in [0.3, 0.4) is 0 Å². The van der Waals surface area contributed by atoms with Crippen molar-refractivity contribution in [1.29, 1.82) is 0 Å². The minimum atomic E-state index is 0.348. The highest BCUT2D eigenvalue weighted by Crippen LogP contribution is 2.35. The van der Waals surface area contributed by atoms with Gasteiger partial charge in [0.15, 0.2) is 0 Å². The summed E-state index contributed by atoms with van der Waals surface area (Å²) < 4.78 is 0. The Bertz CT molecular complexity index is 903. The van der Waals surface area contributed by atoms with Crippen molar-refractivity contribution in [3.8, 4) is 0 Å². The van der Waals surface area contributed by atoms with Gasteiger partial charge in [0.2, 0.25) is 5.91 Å². The Morgan fingerprint density at radius 3 is 2.68 bits per heavy atom. The van der Waals surface area contributed by atoms with E-state index in [-0.39, 0.29) is 0 Å². The van der Waals surface area contributed by atoms with E-state index in [1.165, 1.54) is 10.9 Å². The predicted octanol–water partition coefficient (Wildman–Crippen LogP) is 4.16. The van der Waals surface area contributed by atoms with Crippen LogP contribution in [-0.2, 0) is 11.3 Å². The molecule has 1 amide bonds. The Balaban J connectivity index is 1.47. The number of benzene rings is 1. The normalized spacial score (nSPS) is 23.6. The number of hydrogen-bond donors (Lipinski definition) is 1. The fourth-order valence-electron chi connectivity index (χ4n) is 5.60. The van der Waals surface area contributed by atoms with Crippen molar-refractivity contribution in [3.63, 3.8) is 0 Å². The van der Waals surface area contributed by atoms with Crippen LogP contribution >= 0.6 is 0 Å². The van der Waals surface area contributed by atoms with E-state index >= 15 is 0 Å². The third-order valence-electron chi connectivity index (χ3n) is 7.40. The number of piperidine rings is 2. The third-order valence-corrected chi connectivity index (χ3v) is 7.40. The van der Waals surface area contributed by atoms with Gasteiger partial charge in [0.25, 0.3) is 0 Å². The van der Waals surface area contributed by atoms with Crippen LogP contribution in [0.25, 0.3) is 10.9 Å². The molecule has 2 atom stereocenters. The molecule has 2 fully saturated rings. The van der Waals surface area contributed by atoms with Crippen molar-refractivity contribution in [3.05, 3.63) is 41.6 Å². The number of fused-ring (bicyclic) bond motifs is 1. The second-order valence-corrected chi connectivity index (χ2v) is 10.0. The molecule has 5 heteroatoms. The maximum Gasteiger partial charge on any atom is 0.222 e. The van der Waals surface area contributed by atoms with E-state index < -0.39 is 0 Å². The first-order chi connectivity index (χ1) is 15.0. The van der Waals surface area contributed by atoms with E-state index in [1.54, 1.807) is 0 Å². The summed E-state index contributed by atoms with van der Waals surface area (Å²) in [5.41, 5.74) is 9.36. The van der Waals surface area contributed by atoms with Crippen LogP contribution in [0.5, 0.6) is 0 Å². The smallest absolute Gasteiger partial charge is 0.222 e. The quantitative estimate of drug-likeness (QED) is 0.786. The van der Waals surface area contributed by atoms with E-state index in [0.29, 0.717) is 42.7 Å². The van der Waals surface area contributed by atoms with Crippen molar-refractivity contribution in [2.24, 2.45) is 17.6 Å². The number of amides is 1. The zero-order valence-electron chi connectivity index (χ0n) is 19.4. The first-order valence-electron chi connectivity index (χ1n) is 12.0. The maximum atomic E-state index is 13.3. The molecule has 31 heavy (non-hydrogen) atoms. The highest BCUT2D eigenvalue weighted by Gasteiger charge is 2.31. The monoisotopic (exact) mass is 422 g/mol. The van der Waals surface area contributed by atoms with Crippen LogP contribution in [0.1, 0.15) is 63.5 Å². The first-order valence-corrected chi connectivity index (χ1v) is 12.0. The number of carbonyl (C=O) groups excluding carboxylic acids is 1. The molecule has 2 aliphatic rings. The number of likely N-dealkylation sites (tertiary alicyclic amines) is 2. The molecule has 0 saturated carbocycles. The van der Waals surface area contributed by atoms with Crippen molar-refractivity contribution in [2.75, 3.05) is 26.2 Å². The Kier molecular flexibility index (Phi) is 6.92. The maximum absolute atomic E-state index is 13.3. The molecule has 2 aromatic rings. The second-order valence-electron chi connectivity index (χ2n) is 10.0. The fraction of sp³-hybridized carbons (Fsp3) is 0.615. The average molecular weight is 423 g/mol. The Morgan fingerprint density at radius 2 is 1.97 bits per heavy atom. The van der Waals surface area contributed by atoms with Crippen LogP contribution in [-0.4, -0.2) is 52.9 Å². The molecule has 2 N–H and O–H groups in total. The molecule has 1 aromatic carbocycles. The lowest BCUT2D eigenvalue weighted by Gasteiger charge is -2.39. The molecule has 4 rings (SSSR count). The molecule has 2 aliphatic heterocycles. The van der Waals surface area contributed by atoms with E-state index in [4.69, 9.17) is 5.73 Å². The third kappa shape index (κ3) is 4.93. The lowest BCUT2D eigenvalue weighted by atomic mass is 9.82. The van der Waals surface area contributed by atoms with Gasteiger partial charge in [-0.1, -0.05) is 25.1 Å². The highest BCUT2D eigenvalue weighted by molar-refractivity contribution is 5.86. The number of hydrogen-bond acceptors (Lipinski definition) is 4. The minimum Gasteiger partial charge on any atom is -0.342 e. The van der Waals surface area contributed by atoms with Gasteiger partial charge in [-0.25, -0.2) is 0 Å². The molecule has 0 radical (unpaired) electrons. The van der Waals surface area contributed by atoms with Gasteiger partial charge in [0, 0.05) is 49.6 Å². The van der Waals surface area contributed by atoms with Gasteiger partial charge < -0.3 is 15.5 Å². The summed E-state index contributed by atoms with van der Waals surface area (Å²) in [5, 5.41) is 1.19. The van der Waals surface area contributed by atoms with E-state index in [1.807, 2.05) is 12.3 Å². The summed E-state index contributed by atoms with van der Waals surface area (Å²) >= 11 is 0. The number of nitrogens with zero attached hydrogens (tertiary/aromatic N) is 3. The van der Waals surface area contributed by atoms with Crippen LogP contribution in [0.2, 0.25) is 0 Å². The minimum absolute atomic E-state index is 0.348. The SMILES string of the molecule is CC(C)N1CCC(CC(=O)N2C[C@H](C)C[C@H](c3ccc(CN)c4ncccc34)C2)CC1. The summed E-state index contributed by atoms with van der Waals surface area (Å²) in [4.78, 5) is 22.5. The van der Waals surface area contributed by atoms with Gasteiger partial charge in [0.1, 0.15) is 0 Å². The highest BCUT2D eigenvalue weighted by atomic mass is 16.2. The lowest BCUT2D eigenvalue weighted by Crippen LogP contribution is -2.44. The number of pyridine rings is 1. The molecule has 0 aliphatic carbocycles. The van der Waals surface area contributed by atoms with Crippen molar-refractivity contribution in [1.82, 2.24) is 14.8 Å². The van der Waals surface area contributed by atoms with Crippen LogP contribution in [0.15, 0.2) is 30.5 Å². The molecule has 0 bridgehead atoms. The van der Waals surface area contributed by atoms with Crippen molar-refractivity contribution < 1.29 is 4.79 Å². The molecular formula is C26H38N4O. The lowest BCUT2D eigenvalue weighted by molar-refractivity contribution is -0.134. The summed E-state index contributed by atoms with van der Waals surface area (Å²) in [6.07, 6.45) is 5.96. The van der Waals surface area contributed by atoms with E-state index in [9.17, 15) is 4.79 Å². The molecule has 0 spiro atoms. The Labute approximate surface area is 187 Å². The van der Waals surface area contributed by atoms with Gasteiger partial charge in [-0.3, -0.25) is 9.78 Å². The van der Waals surface area contributed by atoms with Gasteiger partial charge in [0.05, 0.1) is 5.52 Å². The second kappa shape index (κ2) is 9.66. The van der Waals surface area contributed by atoms with Crippen LogP contribution < -0.4 is 5.73 Å². The van der Waals surface area contributed by atoms with E-state index in [0.717, 1.165) is 56.5 Å². The van der Waals surface area contributed by atoms with Gasteiger partial charge in [-0.15, -0.1) is 0 Å². The summed E-state index contributed by atoms with van der Waals surface area (Å²) in [6.45, 7) is 11.3. The first kappa shape index (κ1) is 22.2. The molecule has 3 heterocycles. The average Bonchev–Trinajstić information content (AvgIpc) is 2.78. The largest absolute Gasteiger partial charge is 0.342 e. The van der Waals surface area contributed by atoms with Crippen molar-refractivity contribution in [2.45, 2.75) is 65.0 Å². The van der Waals surface area contributed by atoms with Gasteiger partial charge in [-0.05, 0) is 75.2 Å². The van der Waals surface area contributed by atoms with Crippen molar-refractivity contribution >= 4 is 16.8 Å². The number of nitrogens with two attached hydrogens (primary N) is 1. The Hall–Kier alpha value is -1.98. The Morgan fingerprint density at radius 1 is 1.19 bits per heavy atom. The molecule has 5 nitrogen and oxygen atoms in total. The zero-order chi connectivity index (χ0) is 22.0. The van der Waals surface area contributed by atoms with Crippen LogP contribution in [0, 0.1) is 11.8 Å². The topological polar surface area (TPSA) is 62.5 Å². The standard InChI is InChI=1S/C26H38N4O/c1-18(2)29-11-8-20(9-12-29)14-25(31)30-16-19(3)13-22(17-30)23-7-6-21(15-27)26-24(23)5-4-10-28-26/h4-7,10,18-20,22H,8-9,11-17,27H2,1-3H3/t19-,22+/m1/s1. The van der Waals surface area contributed by atoms with Crippen LogP contribution in [0.4, 0.5) is 0 Å². The molecule has 0 unspecified atom stereocenters. The number of aromatic nitrogens is 1. The van der Waals surface area contributed by atoms with Gasteiger partial charge in [-0.2, -0.15) is 0 Å². The summed E-state index contributed by atoms with van der Waals surface area (Å²) in [5.74, 6) is 1.74. The molecular weight excluding hydrogens is 384 g/mol.